The molecule has 0 aromatic heterocycles. The van der Waals surface area contributed by atoms with Crippen LogP contribution in [0.15, 0.2) is 49.3 Å². The van der Waals surface area contributed by atoms with E-state index in [0.717, 1.165) is 79.2 Å². The number of carbonyl (C=O) groups is 2. The van der Waals surface area contributed by atoms with Crippen LogP contribution in [0.1, 0.15) is 235 Å². The topological polar surface area (TPSA) is 204 Å². The van der Waals surface area contributed by atoms with Gasteiger partial charge in [0.25, 0.3) is 0 Å². The van der Waals surface area contributed by atoms with Gasteiger partial charge in [0.05, 0.1) is 85.4 Å². The number of ketones is 1. The molecule has 0 aromatic carbocycles. The van der Waals surface area contributed by atoms with Crippen LogP contribution in [-0.2, 0) is 74.4 Å². The van der Waals surface area contributed by atoms with Crippen molar-refractivity contribution in [2.75, 3.05) is 20.8 Å². The number of aliphatic hydroxyl groups excluding tert-OH is 2. The summed E-state index contributed by atoms with van der Waals surface area (Å²) < 4.78 is 98.8. The number of unbranched alkanes of at least 4 members (excludes halogenated alkanes) is 1. The van der Waals surface area contributed by atoms with Gasteiger partial charge in [-0.05, 0) is 129 Å². The Hall–Kier alpha value is -1.58. The number of methoxy groups -OCH3 is 2. The molecular formula is C84H156O18Si5. The Morgan fingerprint density at radius 3 is 1.80 bits per heavy atom. The van der Waals surface area contributed by atoms with E-state index in [-0.39, 0.29) is 96.6 Å². The fraction of sp³-hybridized carbons (Fsp3) is 0.881. The van der Waals surface area contributed by atoms with Crippen LogP contribution in [0.25, 0.3) is 0 Å². The van der Waals surface area contributed by atoms with Crippen LogP contribution in [0.5, 0.6) is 0 Å². The molecule has 0 aromatic rings. The molecule has 0 bridgehead atoms. The van der Waals surface area contributed by atoms with Gasteiger partial charge in [0.1, 0.15) is 24.6 Å². The van der Waals surface area contributed by atoms with Crippen LogP contribution in [0.3, 0.4) is 0 Å². The van der Waals surface area contributed by atoms with E-state index >= 15 is 0 Å². The maximum absolute atomic E-state index is 14.8. The number of esters is 1. The van der Waals surface area contributed by atoms with Crippen molar-refractivity contribution >= 4 is 53.3 Å². The Morgan fingerprint density at radius 1 is 0.664 bits per heavy atom. The number of carbonyl (C=O) groups excluding carboxylic acids is 2. The lowest BCUT2D eigenvalue weighted by molar-refractivity contribution is -0.347. The Morgan fingerprint density at radius 2 is 1.23 bits per heavy atom. The molecule has 6 rings (SSSR count). The molecule has 6 aliphatic rings. The third-order valence-corrected chi connectivity index (χ3v) is 50.6. The fourth-order valence-electron chi connectivity index (χ4n) is 17.7. The number of Topliss-reactive ketones (excluding diaryl/α,β-unsaturated/α-hetero) is 1. The molecule has 620 valence electrons. The van der Waals surface area contributed by atoms with Crippen molar-refractivity contribution in [2.24, 2.45) is 23.7 Å². The highest BCUT2D eigenvalue weighted by Gasteiger charge is 2.61. The Bertz CT molecular complexity index is 2830. The van der Waals surface area contributed by atoms with Gasteiger partial charge in [-0.3, -0.25) is 9.59 Å². The van der Waals surface area contributed by atoms with E-state index in [2.05, 4.69) is 182 Å². The molecule has 0 radical (unpaired) electrons. The van der Waals surface area contributed by atoms with Gasteiger partial charge in [-0.1, -0.05) is 169 Å². The van der Waals surface area contributed by atoms with Crippen LogP contribution in [0, 0.1) is 23.7 Å². The largest absolute Gasteiger partial charge is 0.495 e. The third-order valence-electron chi connectivity index (χ3n) is 27.6. The minimum Gasteiger partial charge on any atom is -0.495 e. The quantitative estimate of drug-likeness (QED) is 0.0253. The molecular weight excluding hydrogens is 1440 g/mol. The molecule has 18 nitrogen and oxygen atoms in total. The molecule has 5 saturated heterocycles. The first-order valence-electron chi connectivity index (χ1n) is 42.1. The lowest BCUT2D eigenvalue weighted by Crippen LogP contribution is -2.67. The molecule has 2 N–H and O–H groups in total. The number of rotatable bonds is 40. The zero-order valence-electron chi connectivity index (χ0n) is 72.2. The number of ether oxygens (including phenoxy) is 9. The monoisotopic (exact) mass is 1590 g/mol. The first kappa shape index (κ1) is 94.3. The van der Waals surface area contributed by atoms with E-state index < -0.39 is 125 Å². The van der Waals surface area contributed by atoms with E-state index in [9.17, 15) is 19.8 Å². The number of hydrogen-bond acceptors (Lipinski definition) is 18. The van der Waals surface area contributed by atoms with Crippen LogP contribution in [-0.4, -0.2) is 187 Å². The molecule has 23 heteroatoms. The molecule has 6 aliphatic heterocycles. The molecule has 0 unspecified atom stereocenters. The van der Waals surface area contributed by atoms with Crippen molar-refractivity contribution in [2.45, 2.75) is 428 Å². The minimum atomic E-state index is -2.35. The van der Waals surface area contributed by atoms with E-state index in [1.165, 1.54) is 6.08 Å². The van der Waals surface area contributed by atoms with Gasteiger partial charge in [-0.25, -0.2) is 0 Å². The van der Waals surface area contributed by atoms with Crippen molar-refractivity contribution in [3.8, 4) is 0 Å². The predicted molar refractivity (Wildman–Crippen MR) is 442 cm³/mol. The summed E-state index contributed by atoms with van der Waals surface area (Å²) in [6, 6.07) is 8.88. The van der Waals surface area contributed by atoms with Gasteiger partial charge < -0.3 is 75.0 Å². The Kier molecular flexibility index (Phi) is 34.7. The van der Waals surface area contributed by atoms with Crippen molar-refractivity contribution in [3.63, 3.8) is 0 Å². The number of aliphatic hydroxyl groups is 2. The summed E-state index contributed by atoms with van der Waals surface area (Å²) in [7, 11) is -7.68. The van der Waals surface area contributed by atoms with Gasteiger partial charge in [-0.15, -0.1) is 0 Å². The molecule has 0 saturated carbocycles. The van der Waals surface area contributed by atoms with Gasteiger partial charge in [0.15, 0.2) is 58.9 Å². The minimum absolute atomic E-state index is 0.0298. The lowest BCUT2D eigenvalue weighted by atomic mass is 9.78. The highest BCUT2D eigenvalue weighted by atomic mass is 28.4. The van der Waals surface area contributed by atoms with Gasteiger partial charge in [0.2, 0.25) is 0 Å². The molecule has 0 aliphatic carbocycles. The average Bonchev–Trinajstić information content (AvgIpc) is 0.763. The van der Waals surface area contributed by atoms with E-state index in [4.69, 9.17) is 64.8 Å². The van der Waals surface area contributed by atoms with E-state index in [0.29, 0.717) is 51.4 Å². The van der Waals surface area contributed by atoms with Crippen molar-refractivity contribution in [1.29, 1.82) is 0 Å². The maximum atomic E-state index is 14.8. The maximum Gasteiger partial charge on any atom is 0.308 e. The Balaban J connectivity index is 1.23. The van der Waals surface area contributed by atoms with Crippen molar-refractivity contribution in [1.82, 2.24) is 0 Å². The third kappa shape index (κ3) is 23.8. The molecule has 6 heterocycles. The second kappa shape index (κ2) is 39.4. The van der Waals surface area contributed by atoms with Crippen LogP contribution in [0.4, 0.5) is 0 Å². The standard InChI is InChI=1S/C84H156O18Si5/c1-29-45-91-75(87)52-66-48-64(85)53-83(95-66)58-81(22,102-107(36-8,37-9)38-10)54-69(96-83)47-59(11)60(12)76(88)61(13)71(86)51-67-50-68(89-23)55-82(94-67)56-70(98-103(25,26)79(16,17)18)49-65(93-82)42-40-39-41-43-72-62(14)74(99-104(27,28)80(19,20)21)57-84(90-24,97-72)78(101-106(33-5,34-6)35-7)77-63(15)73(44-46-92-77)100-105(30-2,31-3)32-4/h29,40,42,44,46,60-70,72-74,76-78,85,88H,1,11,30-39,41,43,45,47-58H2,2-10,12-28H3/b42-40-/t60-,61-,62+,63-,64+,65+,66-,67+,68+,69+,70+,72-,73+,74+,76+,77-,78+,81+,82+,83-,84-/m1/s1. The van der Waals surface area contributed by atoms with E-state index in [1.54, 1.807) is 21.1 Å². The second-order valence-electron chi connectivity index (χ2n) is 36.9. The first-order chi connectivity index (χ1) is 49.9. The number of allylic oxidation sites excluding steroid dienone is 1. The summed E-state index contributed by atoms with van der Waals surface area (Å²) in [6.45, 7) is 62.2. The molecule has 5 fully saturated rings. The summed E-state index contributed by atoms with van der Waals surface area (Å²) in [6.07, 6.45) is 10.9. The summed E-state index contributed by atoms with van der Waals surface area (Å²) in [5, 5.41) is 23.7. The normalized spacial score (nSPS) is 33.4. The molecule has 0 amide bonds. The van der Waals surface area contributed by atoms with Crippen LogP contribution in [0.2, 0.25) is 90.7 Å². The van der Waals surface area contributed by atoms with Crippen LogP contribution >= 0.6 is 0 Å². The molecule has 107 heavy (non-hydrogen) atoms. The lowest BCUT2D eigenvalue weighted by Gasteiger charge is -2.55. The SMILES string of the molecule is C=CCOC(=O)C[C@H]1C[C@H](O)C[C@@]2(C[C@@](C)(O[Si](CC)(CC)CC)C[C@H](CC(=C)[C@@H](C)[C@H](O)[C@H](C)C(=O)C[C@@H]3C[C@H](OC)C[C@@]4(C[C@@H](O[Si](C)(C)C(C)(C)C)C[C@H](/C=C\CCC[C@H]5O[C@@](OC)([C@@H](O[Si](CC)(CC)CC)[C@@H]6OC=C[C@H](O[Si](CC)(CC)CC)[C@H]6C)C[C@H](O[Si](C)(C)C(C)(C)C)[C@H]5C)O4)O3)O2)O1. The summed E-state index contributed by atoms with van der Waals surface area (Å²) >= 11 is 0. The second-order valence-corrected chi connectivity index (χ2v) is 60.5. The van der Waals surface area contributed by atoms with Crippen LogP contribution < -0.4 is 0 Å². The highest BCUT2D eigenvalue weighted by Crippen LogP contribution is 2.52. The summed E-state index contributed by atoms with van der Waals surface area (Å²) in [4.78, 5) is 27.8. The van der Waals surface area contributed by atoms with Crippen molar-refractivity contribution < 1.29 is 84.6 Å². The Labute approximate surface area is 655 Å². The summed E-state index contributed by atoms with van der Waals surface area (Å²) in [5.74, 6) is -5.36. The number of hydrogen-bond donors (Lipinski definition) is 2. The zero-order valence-corrected chi connectivity index (χ0v) is 77.2. The fourth-order valence-corrected chi connectivity index (χ4v) is 29.3. The molecule has 2 spiro atoms. The summed E-state index contributed by atoms with van der Waals surface area (Å²) in [5.41, 5.74) is 0.0464. The smallest absolute Gasteiger partial charge is 0.308 e. The van der Waals surface area contributed by atoms with Crippen molar-refractivity contribution in [3.05, 3.63) is 49.3 Å². The van der Waals surface area contributed by atoms with Gasteiger partial charge in [-0.2, -0.15) is 0 Å². The predicted octanol–water partition coefficient (Wildman–Crippen LogP) is 19.5. The highest BCUT2D eigenvalue weighted by molar-refractivity contribution is 6.75. The molecule has 21 atom stereocenters. The van der Waals surface area contributed by atoms with Gasteiger partial charge in [0, 0.05) is 102 Å². The average molecular weight is 1590 g/mol. The van der Waals surface area contributed by atoms with E-state index in [1.807, 2.05) is 13.2 Å². The van der Waals surface area contributed by atoms with Gasteiger partial charge >= 0.3 is 5.97 Å². The zero-order chi connectivity index (χ0) is 80.2. The first-order valence-corrected chi connectivity index (χ1v) is 55.5.